The van der Waals surface area contributed by atoms with Crippen LogP contribution < -0.4 is 10.1 Å². The third-order valence-electron chi connectivity index (χ3n) is 5.61. The molecule has 0 spiro atoms. The Morgan fingerprint density at radius 2 is 1.59 bits per heavy atom. The molecule has 0 aromatic heterocycles. The highest BCUT2D eigenvalue weighted by atomic mass is 79.9. The number of hydrogen-bond donors (Lipinski definition) is 1. The molecule has 0 bridgehead atoms. The summed E-state index contributed by atoms with van der Waals surface area (Å²) in [6.45, 7) is 6.26. The summed E-state index contributed by atoms with van der Waals surface area (Å²) in [7, 11) is 0. The summed E-state index contributed by atoms with van der Waals surface area (Å²) >= 11 is 3.57. The number of nitrogens with one attached hydrogen (secondary N) is 1. The van der Waals surface area contributed by atoms with Crippen molar-refractivity contribution in [3.8, 4) is 5.75 Å². The molecule has 0 aliphatic carbocycles. The van der Waals surface area contributed by atoms with E-state index in [2.05, 4.69) is 42.0 Å². The SMILES string of the molecule is CC(C)(C)c1ccc(C(=O)c2cccc(NC(=O)COc3ccc4ccccc4c3Br)c2)cc1. The van der Waals surface area contributed by atoms with Gasteiger partial charge in [-0.15, -0.1) is 0 Å². The van der Waals surface area contributed by atoms with Crippen LogP contribution in [0, 0.1) is 0 Å². The standard InChI is InChI=1S/C29H26BrNO3/c1-29(2,3)22-14-11-20(12-15-22)28(33)21-8-6-9-23(17-21)31-26(32)18-34-25-16-13-19-7-4-5-10-24(19)27(25)30/h4-17H,18H2,1-3H3,(H,31,32). The molecule has 0 aliphatic rings. The summed E-state index contributed by atoms with van der Waals surface area (Å²) in [5.41, 5.74) is 2.86. The Hall–Kier alpha value is -3.44. The number of ketones is 1. The third kappa shape index (κ3) is 5.37. The van der Waals surface area contributed by atoms with Gasteiger partial charge in [0.15, 0.2) is 12.4 Å². The van der Waals surface area contributed by atoms with Crippen molar-refractivity contribution in [2.45, 2.75) is 26.2 Å². The summed E-state index contributed by atoms with van der Waals surface area (Å²) in [6, 6.07) is 26.3. The molecule has 1 amide bonds. The van der Waals surface area contributed by atoms with Crippen LogP contribution in [0.1, 0.15) is 42.3 Å². The first kappa shape index (κ1) is 23.7. The van der Waals surface area contributed by atoms with Crippen LogP contribution in [0.15, 0.2) is 89.4 Å². The maximum Gasteiger partial charge on any atom is 0.262 e. The van der Waals surface area contributed by atoms with Gasteiger partial charge in [-0.2, -0.15) is 0 Å². The lowest BCUT2D eigenvalue weighted by molar-refractivity contribution is -0.118. The minimum atomic E-state index is -0.306. The van der Waals surface area contributed by atoms with E-state index >= 15 is 0 Å². The zero-order valence-corrected chi connectivity index (χ0v) is 21.0. The molecule has 0 aliphatic heterocycles. The van der Waals surface area contributed by atoms with Crippen molar-refractivity contribution in [2.75, 3.05) is 11.9 Å². The molecule has 4 aromatic carbocycles. The van der Waals surface area contributed by atoms with Gasteiger partial charge in [0.2, 0.25) is 0 Å². The molecule has 34 heavy (non-hydrogen) atoms. The van der Waals surface area contributed by atoms with Gasteiger partial charge < -0.3 is 10.1 Å². The fraction of sp³-hybridized carbons (Fsp3) is 0.172. The van der Waals surface area contributed by atoms with Crippen molar-refractivity contribution >= 4 is 44.1 Å². The van der Waals surface area contributed by atoms with Crippen LogP contribution in [0.3, 0.4) is 0 Å². The molecule has 4 aromatic rings. The first-order valence-corrected chi connectivity index (χ1v) is 11.9. The molecule has 0 saturated carbocycles. The number of carbonyl (C=O) groups excluding carboxylic acids is 2. The number of fused-ring (bicyclic) bond motifs is 1. The quantitative estimate of drug-likeness (QED) is 0.277. The number of anilines is 1. The zero-order chi connectivity index (χ0) is 24.3. The van der Waals surface area contributed by atoms with E-state index in [0.717, 1.165) is 15.2 Å². The molecule has 4 nitrogen and oxygen atoms in total. The minimum Gasteiger partial charge on any atom is -0.483 e. The molecule has 5 heteroatoms. The average molecular weight is 516 g/mol. The van der Waals surface area contributed by atoms with Crippen LogP contribution in [0.25, 0.3) is 10.8 Å². The van der Waals surface area contributed by atoms with E-state index in [0.29, 0.717) is 22.6 Å². The highest BCUT2D eigenvalue weighted by molar-refractivity contribution is 9.10. The number of hydrogen-bond acceptors (Lipinski definition) is 3. The Morgan fingerprint density at radius 3 is 2.32 bits per heavy atom. The van der Waals surface area contributed by atoms with Gasteiger partial charge in [0.25, 0.3) is 5.91 Å². The van der Waals surface area contributed by atoms with Gasteiger partial charge in [0, 0.05) is 16.8 Å². The predicted octanol–water partition coefficient (Wildman–Crippen LogP) is 7.15. The van der Waals surface area contributed by atoms with Gasteiger partial charge in [-0.1, -0.05) is 87.5 Å². The van der Waals surface area contributed by atoms with Crippen LogP contribution >= 0.6 is 15.9 Å². The number of halogens is 1. The van der Waals surface area contributed by atoms with Crippen molar-refractivity contribution in [2.24, 2.45) is 0 Å². The van der Waals surface area contributed by atoms with Crippen molar-refractivity contribution in [3.63, 3.8) is 0 Å². The number of ether oxygens (including phenoxy) is 1. The highest BCUT2D eigenvalue weighted by Gasteiger charge is 2.16. The summed E-state index contributed by atoms with van der Waals surface area (Å²) in [5, 5.41) is 4.91. The summed E-state index contributed by atoms with van der Waals surface area (Å²) in [4.78, 5) is 25.5. The van der Waals surface area contributed by atoms with E-state index in [4.69, 9.17) is 4.74 Å². The first-order chi connectivity index (χ1) is 16.2. The van der Waals surface area contributed by atoms with Gasteiger partial charge in [-0.05, 0) is 55.9 Å². The molecular weight excluding hydrogens is 490 g/mol. The monoisotopic (exact) mass is 515 g/mol. The first-order valence-electron chi connectivity index (χ1n) is 11.1. The lowest BCUT2D eigenvalue weighted by Gasteiger charge is -2.19. The third-order valence-corrected chi connectivity index (χ3v) is 6.43. The smallest absolute Gasteiger partial charge is 0.262 e. The number of amides is 1. The molecule has 0 unspecified atom stereocenters. The lowest BCUT2D eigenvalue weighted by atomic mass is 9.86. The molecule has 0 radical (unpaired) electrons. The van der Waals surface area contributed by atoms with E-state index in [1.165, 1.54) is 5.56 Å². The van der Waals surface area contributed by atoms with Crippen LogP contribution in [0.5, 0.6) is 5.75 Å². The Morgan fingerprint density at radius 1 is 0.853 bits per heavy atom. The molecule has 0 heterocycles. The topological polar surface area (TPSA) is 55.4 Å². The Kier molecular flexibility index (Phi) is 6.85. The Bertz CT molecular complexity index is 1350. The minimum absolute atomic E-state index is 0.0241. The Balaban J connectivity index is 1.41. The van der Waals surface area contributed by atoms with Crippen molar-refractivity contribution in [1.82, 2.24) is 0 Å². The Labute approximate surface area is 208 Å². The molecule has 0 atom stereocenters. The normalized spacial score (nSPS) is 11.3. The van der Waals surface area contributed by atoms with E-state index in [-0.39, 0.29) is 23.7 Å². The van der Waals surface area contributed by atoms with Crippen LogP contribution in [0.4, 0.5) is 5.69 Å². The van der Waals surface area contributed by atoms with Gasteiger partial charge in [0.05, 0.1) is 4.47 Å². The van der Waals surface area contributed by atoms with E-state index in [9.17, 15) is 9.59 Å². The van der Waals surface area contributed by atoms with Gasteiger partial charge in [-0.25, -0.2) is 0 Å². The summed E-state index contributed by atoms with van der Waals surface area (Å²) < 4.78 is 6.55. The van der Waals surface area contributed by atoms with Crippen molar-refractivity contribution in [3.05, 3.63) is 106 Å². The maximum atomic E-state index is 13.0. The maximum absolute atomic E-state index is 13.0. The fourth-order valence-corrected chi connectivity index (χ4v) is 4.30. The summed E-state index contributed by atoms with van der Waals surface area (Å²) in [5.74, 6) is 0.198. The lowest BCUT2D eigenvalue weighted by Crippen LogP contribution is -2.20. The molecule has 0 saturated heterocycles. The molecule has 0 fully saturated rings. The van der Waals surface area contributed by atoms with E-state index < -0.39 is 0 Å². The highest BCUT2D eigenvalue weighted by Crippen LogP contribution is 2.33. The van der Waals surface area contributed by atoms with Crippen molar-refractivity contribution in [1.29, 1.82) is 0 Å². The largest absolute Gasteiger partial charge is 0.483 e. The van der Waals surface area contributed by atoms with Crippen LogP contribution in [0.2, 0.25) is 0 Å². The molecule has 4 rings (SSSR count). The number of carbonyl (C=O) groups is 2. The summed E-state index contributed by atoms with van der Waals surface area (Å²) in [6.07, 6.45) is 0. The second kappa shape index (κ2) is 9.82. The number of benzene rings is 4. The van der Waals surface area contributed by atoms with Crippen molar-refractivity contribution < 1.29 is 14.3 Å². The molecule has 172 valence electrons. The van der Waals surface area contributed by atoms with E-state index in [1.807, 2.05) is 60.7 Å². The van der Waals surface area contributed by atoms with E-state index in [1.54, 1.807) is 24.3 Å². The second-order valence-corrected chi connectivity index (χ2v) is 9.97. The number of rotatable bonds is 6. The van der Waals surface area contributed by atoms with Crippen LogP contribution in [-0.2, 0) is 10.2 Å². The van der Waals surface area contributed by atoms with Gasteiger partial charge >= 0.3 is 0 Å². The second-order valence-electron chi connectivity index (χ2n) is 9.17. The molecular formula is C29H26BrNO3. The van der Waals surface area contributed by atoms with Gasteiger partial charge in [-0.3, -0.25) is 9.59 Å². The van der Waals surface area contributed by atoms with Gasteiger partial charge in [0.1, 0.15) is 5.75 Å². The fourth-order valence-electron chi connectivity index (χ4n) is 3.69. The van der Waals surface area contributed by atoms with Crippen LogP contribution in [-0.4, -0.2) is 18.3 Å². The zero-order valence-electron chi connectivity index (χ0n) is 19.4. The molecule has 1 N–H and O–H groups in total. The predicted molar refractivity (Wildman–Crippen MR) is 141 cm³/mol. The average Bonchev–Trinajstić information content (AvgIpc) is 2.83.